The molecule has 3 rings (SSSR count). The Kier molecular flexibility index (Phi) is 9.91. The normalized spacial score (nSPS) is 11.9. The van der Waals surface area contributed by atoms with Crippen LogP contribution in [0.4, 0.5) is 5.69 Å². The van der Waals surface area contributed by atoms with Crippen molar-refractivity contribution in [1.29, 1.82) is 0 Å². The van der Waals surface area contributed by atoms with E-state index in [1.165, 1.54) is 11.8 Å². The standard InChI is InChI=1S/C28H35N5O3S/c1-7-16-33-26(25(19(4)5)30-27(35)20-12-14-21(36-6)15-13-20)31-32-28(33)37-17-24(34)29-23-11-9-8-10-22(23)18(2)3/h7-15,18-19,25H,1,16-17H2,2-6H3,(H,29,34)(H,30,35)/t25-/m1/s1. The van der Waals surface area contributed by atoms with E-state index in [9.17, 15) is 9.59 Å². The molecule has 0 aliphatic carbocycles. The SMILES string of the molecule is C=CCn1c(SCC(=O)Nc2ccccc2C(C)C)nnc1[C@H](NC(=O)c1ccc(OC)cc1)C(C)C. The first-order valence-electron chi connectivity index (χ1n) is 12.3. The Bertz CT molecular complexity index is 1220. The summed E-state index contributed by atoms with van der Waals surface area (Å²) < 4.78 is 7.07. The molecule has 2 aromatic carbocycles. The van der Waals surface area contributed by atoms with E-state index in [4.69, 9.17) is 4.74 Å². The number of anilines is 1. The molecule has 0 spiro atoms. The molecule has 2 amide bonds. The second-order valence-corrected chi connectivity index (χ2v) is 10.2. The summed E-state index contributed by atoms with van der Waals surface area (Å²) in [5, 5.41) is 15.4. The van der Waals surface area contributed by atoms with Gasteiger partial charge in [0.25, 0.3) is 5.91 Å². The summed E-state index contributed by atoms with van der Waals surface area (Å²) in [5.41, 5.74) is 2.43. The largest absolute Gasteiger partial charge is 0.497 e. The van der Waals surface area contributed by atoms with Gasteiger partial charge < -0.3 is 19.9 Å². The lowest BCUT2D eigenvalue weighted by molar-refractivity contribution is -0.113. The third-order valence-electron chi connectivity index (χ3n) is 5.83. The number of allylic oxidation sites excluding steroid dienone is 1. The van der Waals surface area contributed by atoms with Gasteiger partial charge in [0.15, 0.2) is 11.0 Å². The molecule has 0 aliphatic rings. The molecular weight excluding hydrogens is 486 g/mol. The van der Waals surface area contributed by atoms with Gasteiger partial charge in [-0.05, 0) is 47.7 Å². The van der Waals surface area contributed by atoms with E-state index in [-0.39, 0.29) is 29.5 Å². The first-order valence-corrected chi connectivity index (χ1v) is 13.2. The number of benzene rings is 2. The lowest BCUT2D eigenvalue weighted by Crippen LogP contribution is -2.33. The number of aromatic nitrogens is 3. The summed E-state index contributed by atoms with van der Waals surface area (Å²) in [6.07, 6.45) is 1.75. The number of nitrogens with zero attached hydrogens (tertiary/aromatic N) is 3. The van der Waals surface area contributed by atoms with Crippen LogP contribution in [0, 0.1) is 5.92 Å². The lowest BCUT2D eigenvalue weighted by Gasteiger charge is -2.22. The number of nitrogens with one attached hydrogen (secondary N) is 2. The number of carbonyl (C=O) groups excluding carboxylic acids is 2. The Morgan fingerprint density at radius 2 is 1.78 bits per heavy atom. The fourth-order valence-electron chi connectivity index (χ4n) is 3.86. The van der Waals surface area contributed by atoms with Gasteiger partial charge in [-0.15, -0.1) is 16.8 Å². The van der Waals surface area contributed by atoms with Crippen LogP contribution in [0.5, 0.6) is 5.75 Å². The van der Waals surface area contributed by atoms with Crippen molar-refractivity contribution < 1.29 is 14.3 Å². The highest BCUT2D eigenvalue weighted by atomic mass is 32.2. The lowest BCUT2D eigenvalue weighted by atomic mass is 10.0. The van der Waals surface area contributed by atoms with E-state index >= 15 is 0 Å². The van der Waals surface area contributed by atoms with Gasteiger partial charge in [-0.25, -0.2) is 0 Å². The Labute approximate surface area is 222 Å². The molecule has 0 fully saturated rings. The molecule has 1 atom stereocenters. The maximum atomic E-state index is 13.0. The molecule has 37 heavy (non-hydrogen) atoms. The average molecular weight is 522 g/mol. The summed E-state index contributed by atoms with van der Waals surface area (Å²) in [6.45, 7) is 12.5. The van der Waals surface area contributed by atoms with Crippen molar-refractivity contribution >= 4 is 29.3 Å². The minimum Gasteiger partial charge on any atom is -0.497 e. The van der Waals surface area contributed by atoms with Crippen LogP contribution >= 0.6 is 11.8 Å². The number of para-hydroxylation sites is 1. The zero-order valence-corrected chi connectivity index (χ0v) is 22.8. The molecule has 0 aliphatic heterocycles. The molecule has 0 saturated heterocycles. The van der Waals surface area contributed by atoms with Crippen LogP contribution in [0.25, 0.3) is 0 Å². The number of carbonyl (C=O) groups is 2. The molecular formula is C28H35N5O3S. The van der Waals surface area contributed by atoms with Crippen LogP contribution in [0.15, 0.2) is 66.3 Å². The van der Waals surface area contributed by atoms with E-state index in [2.05, 4.69) is 41.3 Å². The summed E-state index contributed by atoms with van der Waals surface area (Å²) in [7, 11) is 1.58. The maximum Gasteiger partial charge on any atom is 0.251 e. The molecule has 1 heterocycles. The van der Waals surface area contributed by atoms with E-state index in [1.807, 2.05) is 42.7 Å². The first-order chi connectivity index (χ1) is 17.7. The minimum absolute atomic E-state index is 0.0450. The van der Waals surface area contributed by atoms with Crippen LogP contribution in [0.3, 0.4) is 0 Å². The summed E-state index contributed by atoms with van der Waals surface area (Å²) in [4.78, 5) is 25.7. The van der Waals surface area contributed by atoms with Crippen LogP contribution in [-0.4, -0.2) is 39.4 Å². The molecule has 196 valence electrons. The van der Waals surface area contributed by atoms with Crippen molar-refractivity contribution in [1.82, 2.24) is 20.1 Å². The van der Waals surface area contributed by atoms with Crippen molar-refractivity contribution in [3.63, 3.8) is 0 Å². The number of rotatable bonds is 12. The molecule has 2 N–H and O–H groups in total. The van der Waals surface area contributed by atoms with Gasteiger partial charge in [0.05, 0.1) is 18.9 Å². The third kappa shape index (κ3) is 7.22. The number of hydrogen-bond donors (Lipinski definition) is 2. The van der Waals surface area contributed by atoms with Crippen LogP contribution in [-0.2, 0) is 11.3 Å². The topological polar surface area (TPSA) is 98.1 Å². The van der Waals surface area contributed by atoms with Crippen molar-refractivity contribution in [2.75, 3.05) is 18.2 Å². The number of amides is 2. The van der Waals surface area contributed by atoms with Crippen LogP contribution < -0.4 is 15.4 Å². The van der Waals surface area contributed by atoms with Gasteiger partial charge in [0.2, 0.25) is 5.91 Å². The summed E-state index contributed by atoms with van der Waals surface area (Å²) in [6, 6.07) is 14.4. The highest BCUT2D eigenvalue weighted by Crippen LogP contribution is 2.27. The van der Waals surface area contributed by atoms with Crippen LogP contribution in [0.1, 0.15) is 61.4 Å². The number of methoxy groups -OCH3 is 1. The van der Waals surface area contributed by atoms with E-state index < -0.39 is 0 Å². The number of thioether (sulfide) groups is 1. The van der Waals surface area contributed by atoms with Crippen molar-refractivity contribution in [2.45, 2.75) is 51.4 Å². The predicted octanol–water partition coefficient (Wildman–Crippen LogP) is 5.45. The van der Waals surface area contributed by atoms with Crippen molar-refractivity contribution in [3.8, 4) is 5.75 Å². The fraction of sp³-hybridized carbons (Fsp3) is 0.357. The molecule has 0 saturated carbocycles. The predicted molar refractivity (Wildman–Crippen MR) is 148 cm³/mol. The summed E-state index contributed by atoms with van der Waals surface area (Å²) >= 11 is 1.30. The third-order valence-corrected chi connectivity index (χ3v) is 6.80. The zero-order chi connectivity index (χ0) is 26.9. The smallest absolute Gasteiger partial charge is 0.251 e. The highest BCUT2D eigenvalue weighted by Gasteiger charge is 2.26. The molecule has 0 radical (unpaired) electrons. The summed E-state index contributed by atoms with van der Waals surface area (Å²) in [5.74, 6) is 1.47. The van der Waals surface area contributed by atoms with Crippen molar-refractivity contribution in [2.24, 2.45) is 5.92 Å². The average Bonchev–Trinajstić information content (AvgIpc) is 3.28. The van der Waals surface area contributed by atoms with Gasteiger partial charge in [0, 0.05) is 17.8 Å². The second kappa shape index (κ2) is 13.1. The maximum absolute atomic E-state index is 13.0. The quantitative estimate of drug-likeness (QED) is 0.243. The monoisotopic (exact) mass is 521 g/mol. The van der Waals surface area contributed by atoms with Gasteiger partial charge in [-0.3, -0.25) is 9.59 Å². The van der Waals surface area contributed by atoms with E-state index in [0.29, 0.717) is 34.8 Å². The molecule has 1 aromatic heterocycles. The Morgan fingerprint density at radius 3 is 2.41 bits per heavy atom. The van der Waals surface area contributed by atoms with Crippen molar-refractivity contribution in [3.05, 3.63) is 78.1 Å². The highest BCUT2D eigenvalue weighted by molar-refractivity contribution is 7.99. The second-order valence-electron chi connectivity index (χ2n) is 9.24. The Hall–Kier alpha value is -3.59. The number of hydrogen-bond acceptors (Lipinski definition) is 6. The molecule has 0 unspecified atom stereocenters. The fourth-order valence-corrected chi connectivity index (χ4v) is 4.62. The van der Waals surface area contributed by atoms with Gasteiger partial charge in [-0.1, -0.05) is 63.7 Å². The van der Waals surface area contributed by atoms with E-state index in [1.54, 1.807) is 37.5 Å². The first kappa shape index (κ1) is 28.0. The minimum atomic E-state index is -0.386. The molecule has 0 bridgehead atoms. The Morgan fingerprint density at radius 1 is 1.08 bits per heavy atom. The Balaban J connectivity index is 1.75. The van der Waals surface area contributed by atoms with Crippen LogP contribution in [0.2, 0.25) is 0 Å². The van der Waals surface area contributed by atoms with Gasteiger partial charge in [-0.2, -0.15) is 0 Å². The molecule has 8 nitrogen and oxygen atoms in total. The zero-order valence-electron chi connectivity index (χ0n) is 22.0. The van der Waals surface area contributed by atoms with Gasteiger partial charge in [0.1, 0.15) is 5.75 Å². The molecule has 9 heteroatoms. The van der Waals surface area contributed by atoms with Gasteiger partial charge >= 0.3 is 0 Å². The molecule has 3 aromatic rings. The van der Waals surface area contributed by atoms with E-state index in [0.717, 1.165) is 11.3 Å². The number of ether oxygens (including phenoxy) is 1.